The Balaban J connectivity index is 1.73. The number of ketones is 1. The van der Waals surface area contributed by atoms with Crippen LogP contribution in [0.2, 0.25) is 0 Å². The van der Waals surface area contributed by atoms with E-state index in [1.807, 2.05) is 0 Å². The van der Waals surface area contributed by atoms with Crippen LogP contribution < -0.4 is 10.6 Å². The molecule has 4 amide bonds. The van der Waals surface area contributed by atoms with Gasteiger partial charge in [0.15, 0.2) is 0 Å². The van der Waals surface area contributed by atoms with Gasteiger partial charge in [-0.2, -0.15) is 0 Å². The lowest BCUT2D eigenvalue weighted by Crippen LogP contribution is -2.40. The molecule has 0 bridgehead atoms. The van der Waals surface area contributed by atoms with Crippen molar-refractivity contribution in [1.29, 1.82) is 0 Å². The van der Waals surface area contributed by atoms with Crippen molar-refractivity contribution in [3.05, 3.63) is 52.1 Å². The van der Waals surface area contributed by atoms with E-state index in [9.17, 15) is 28.4 Å². The Hall–Kier alpha value is -3.47. The van der Waals surface area contributed by atoms with E-state index in [0.717, 1.165) is 16.7 Å². The van der Waals surface area contributed by atoms with Crippen molar-refractivity contribution in [2.45, 2.75) is 20.8 Å². The smallest absolute Gasteiger partial charge is 0.294 e. The molecule has 3 rings (SSSR count). The average molecular weight is 475 g/mol. The maximum atomic E-state index is 13.5. The maximum Gasteiger partial charge on any atom is 0.294 e. The molecule has 9 nitrogen and oxygen atoms in total. The molecule has 174 valence electrons. The van der Waals surface area contributed by atoms with E-state index in [1.165, 1.54) is 22.8 Å². The molecular weight excluding hydrogens is 451 g/mol. The summed E-state index contributed by atoms with van der Waals surface area (Å²) in [5.41, 5.74) is 1.86. The van der Waals surface area contributed by atoms with Crippen LogP contribution in [0.5, 0.6) is 0 Å². The van der Waals surface area contributed by atoms with E-state index in [-0.39, 0.29) is 41.2 Å². The molecule has 1 aromatic heterocycles. The zero-order valence-corrected chi connectivity index (χ0v) is 19.4. The Morgan fingerprint density at radius 3 is 2.45 bits per heavy atom. The van der Waals surface area contributed by atoms with Gasteiger partial charge in [0.25, 0.3) is 22.8 Å². The first-order valence-corrected chi connectivity index (χ1v) is 11.0. The SMILES string of the molecule is Cc1cc(NC(=O)c2c(C)c(C(=O)C(=O)NCCN3C(=O)CSC3=O)n(C)c2C)ccc1F. The zero-order valence-electron chi connectivity index (χ0n) is 18.6. The minimum Gasteiger partial charge on any atom is -0.347 e. The van der Waals surface area contributed by atoms with E-state index in [0.29, 0.717) is 22.5 Å². The van der Waals surface area contributed by atoms with Crippen LogP contribution in [0.4, 0.5) is 14.9 Å². The van der Waals surface area contributed by atoms with Crippen molar-refractivity contribution in [2.75, 3.05) is 24.2 Å². The quantitative estimate of drug-likeness (QED) is 0.470. The lowest BCUT2D eigenvalue weighted by atomic mass is 10.1. The molecule has 0 unspecified atom stereocenters. The van der Waals surface area contributed by atoms with Gasteiger partial charge in [0.2, 0.25) is 5.91 Å². The molecule has 2 heterocycles. The molecule has 2 aromatic rings. The number of nitrogens with zero attached hydrogens (tertiary/aromatic N) is 2. The lowest BCUT2D eigenvalue weighted by molar-refractivity contribution is -0.125. The number of amides is 4. The minimum absolute atomic E-state index is 0.0282. The number of hydrogen-bond donors (Lipinski definition) is 2. The molecule has 1 aliphatic heterocycles. The van der Waals surface area contributed by atoms with Crippen molar-refractivity contribution < 1.29 is 28.4 Å². The molecule has 2 N–H and O–H groups in total. The van der Waals surface area contributed by atoms with Crippen LogP contribution in [-0.4, -0.2) is 57.1 Å². The number of carbonyl (C=O) groups excluding carboxylic acids is 5. The normalized spacial score (nSPS) is 13.4. The first-order valence-electron chi connectivity index (χ1n) is 10.1. The fourth-order valence-electron chi connectivity index (χ4n) is 3.62. The molecule has 1 fully saturated rings. The van der Waals surface area contributed by atoms with Crippen molar-refractivity contribution in [2.24, 2.45) is 7.05 Å². The molecular formula is C22H23FN4O5S. The summed E-state index contributed by atoms with van der Waals surface area (Å²) in [6.07, 6.45) is 0. The van der Waals surface area contributed by atoms with Gasteiger partial charge >= 0.3 is 0 Å². The van der Waals surface area contributed by atoms with Crippen LogP contribution in [0, 0.1) is 26.6 Å². The number of rotatable bonds is 7. The fraction of sp³-hybridized carbons (Fsp3) is 0.318. The summed E-state index contributed by atoms with van der Waals surface area (Å²) in [4.78, 5) is 62.4. The number of aryl methyl sites for hydroxylation is 1. The lowest BCUT2D eigenvalue weighted by Gasteiger charge is -2.13. The standard InChI is InChI=1S/C22H23FN4O5S/c1-11-9-14(5-6-15(11)23)25-20(30)17-12(2)18(26(4)13(17)3)19(29)21(31)24-7-8-27-16(28)10-33-22(27)32/h5-6,9H,7-8,10H2,1-4H3,(H,24,31)(H,25,30). The molecule has 1 aliphatic rings. The highest BCUT2D eigenvalue weighted by molar-refractivity contribution is 8.14. The third kappa shape index (κ3) is 4.82. The summed E-state index contributed by atoms with van der Waals surface area (Å²) in [7, 11) is 1.57. The van der Waals surface area contributed by atoms with E-state index in [1.54, 1.807) is 27.8 Å². The molecule has 1 saturated heterocycles. The van der Waals surface area contributed by atoms with Crippen molar-refractivity contribution in [3.8, 4) is 0 Å². The highest BCUT2D eigenvalue weighted by Gasteiger charge is 2.31. The Labute approximate surface area is 193 Å². The molecule has 0 spiro atoms. The zero-order chi connectivity index (χ0) is 24.4. The van der Waals surface area contributed by atoms with Crippen molar-refractivity contribution in [3.63, 3.8) is 0 Å². The maximum absolute atomic E-state index is 13.5. The Morgan fingerprint density at radius 2 is 1.85 bits per heavy atom. The molecule has 0 saturated carbocycles. The summed E-state index contributed by atoms with van der Waals surface area (Å²) in [5, 5.41) is 4.72. The number of anilines is 1. The van der Waals surface area contributed by atoms with Gasteiger partial charge in [0.1, 0.15) is 5.82 Å². The second kappa shape index (κ2) is 9.57. The third-order valence-electron chi connectivity index (χ3n) is 5.46. The molecule has 1 aromatic carbocycles. The number of thioether (sulfide) groups is 1. The first-order chi connectivity index (χ1) is 15.5. The van der Waals surface area contributed by atoms with E-state index >= 15 is 0 Å². The molecule has 33 heavy (non-hydrogen) atoms. The van der Waals surface area contributed by atoms with E-state index in [2.05, 4.69) is 10.6 Å². The fourth-order valence-corrected chi connectivity index (χ4v) is 4.37. The van der Waals surface area contributed by atoms with Gasteiger partial charge in [0.05, 0.1) is 17.0 Å². The summed E-state index contributed by atoms with van der Waals surface area (Å²) in [6.45, 7) is 4.70. The van der Waals surface area contributed by atoms with Crippen molar-refractivity contribution >= 4 is 46.2 Å². The van der Waals surface area contributed by atoms with Gasteiger partial charge in [-0.05, 0) is 50.1 Å². The number of halogens is 1. The van der Waals surface area contributed by atoms with Crippen LogP contribution in [0.25, 0.3) is 0 Å². The molecule has 11 heteroatoms. The Morgan fingerprint density at radius 1 is 1.15 bits per heavy atom. The molecule has 0 aliphatic carbocycles. The second-order valence-corrected chi connectivity index (χ2v) is 8.52. The summed E-state index contributed by atoms with van der Waals surface area (Å²) in [6, 6.07) is 4.17. The number of hydrogen-bond acceptors (Lipinski definition) is 6. The number of Topliss-reactive ketones (excluding diaryl/α,β-unsaturated/α-hetero) is 1. The van der Waals surface area contributed by atoms with Gasteiger partial charge in [-0.15, -0.1) is 0 Å². The van der Waals surface area contributed by atoms with E-state index in [4.69, 9.17) is 0 Å². The van der Waals surface area contributed by atoms with E-state index < -0.39 is 23.4 Å². The third-order valence-corrected chi connectivity index (χ3v) is 6.31. The topological polar surface area (TPSA) is 118 Å². The minimum atomic E-state index is -0.911. The first kappa shape index (κ1) is 24.2. The molecule has 0 radical (unpaired) electrons. The average Bonchev–Trinajstić information content (AvgIpc) is 3.19. The number of imide groups is 1. The number of carbonyl (C=O) groups is 5. The predicted molar refractivity (Wildman–Crippen MR) is 121 cm³/mol. The van der Waals surface area contributed by atoms with Gasteiger partial charge in [-0.25, -0.2) is 4.39 Å². The largest absolute Gasteiger partial charge is 0.347 e. The van der Waals surface area contributed by atoms with Crippen LogP contribution in [0.15, 0.2) is 18.2 Å². The van der Waals surface area contributed by atoms with Crippen LogP contribution >= 0.6 is 11.8 Å². The highest BCUT2D eigenvalue weighted by atomic mass is 32.2. The molecule has 0 atom stereocenters. The number of nitrogens with one attached hydrogen (secondary N) is 2. The monoisotopic (exact) mass is 474 g/mol. The predicted octanol–water partition coefficient (Wildman–Crippen LogP) is 2.34. The highest BCUT2D eigenvalue weighted by Crippen LogP contribution is 2.24. The van der Waals surface area contributed by atoms with Gasteiger partial charge in [-0.1, -0.05) is 11.8 Å². The number of aromatic nitrogens is 1. The Bertz CT molecular complexity index is 1170. The van der Waals surface area contributed by atoms with Crippen LogP contribution in [0.3, 0.4) is 0 Å². The summed E-state index contributed by atoms with van der Waals surface area (Å²) < 4.78 is 15.0. The second-order valence-electron chi connectivity index (χ2n) is 7.60. The van der Waals surface area contributed by atoms with Gasteiger partial charge in [0, 0.05) is 31.5 Å². The van der Waals surface area contributed by atoms with Gasteiger partial charge < -0.3 is 15.2 Å². The van der Waals surface area contributed by atoms with Gasteiger partial charge in [-0.3, -0.25) is 28.9 Å². The summed E-state index contributed by atoms with van der Waals surface area (Å²) in [5.74, 6) is -2.91. The number of benzene rings is 1. The van der Waals surface area contributed by atoms with Crippen LogP contribution in [0.1, 0.15) is 37.7 Å². The Kier molecular flexibility index (Phi) is 7.01. The summed E-state index contributed by atoms with van der Waals surface area (Å²) >= 11 is 0.886. The van der Waals surface area contributed by atoms with Crippen molar-refractivity contribution in [1.82, 2.24) is 14.8 Å². The van der Waals surface area contributed by atoms with Crippen LogP contribution in [-0.2, 0) is 16.6 Å².